The van der Waals surface area contributed by atoms with E-state index in [1.54, 1.807) is 24.0 Å². The summed E-state index contributed by atoms with van der Waals surface area (Å²) in [5.74, 6) is -1.79. The van der Waals surface area contributed by atoms with Gasteiger partial charge in [-0.15, -0.1) is 11.3 Å². The van der Waals surface area contributed by atoms with E-state index in [2.05, 4.69) is 0 Å². The highest BCUT2D eigenvalue weighted by atomic mass is 32.1. The second-order valence-corrected chi connectivity index (χ2v) is 7.67. The Hall–Kier alpha value is -2.21. The zero-order chi connectivity index (χ0) is 18.1. The number of aryl methyl sites for hydroxylation is 1. The molecular weight excluding hydrogens is 341 g/mol. The minimum Gasteiger partial charge on any atom is -0.481 e. The number of aliphatic carboxylic acids is 1. The van der Waals surface area contributed by atoms with E-state index in [9.17, 15) is 19.1 Å². The lowest BCUT2D eigenvalue weighted by Crippen LogP contribution is -2.48. The first-order valence-electron chi connectivity index (χ1n) is 8.28. The second-order valence-electron chi connectivity index (χ2n) is 6.41. The van der Waals surface area contributed by atoms with E-state index in [1.165, 1.54) is 23.5 Å². The van der Waals surface area contributed by atoms with Crippen LogP contribution in [-0.2, 0) is 4.79 Å². The van der Waals surface area contributed by atoms with Gasteiger partial charge in [0, 0.05) is 17.5 Å². The number of halogens is 1. The molecule has 1 aromatic heterocycles. The third-order valence-electron chi connectivity index (χ3n) is 4.85. The van der Waals surface area contributed by atoms with E-state index < -0.39 is 11.9 Å². The summed E-state index contributed by atoms with van der Waals surface area (Å²) in [5.41, 5.74) is 1.78. The maximum Gasteiger partial charge on any atom is 0.308 e. The molecular formula is C19H20FNO3S. The molecule has 0 spiro atoms. The van der Waals surface area contributed by atoms with Crippen molar-refractivity contribution in [2.45, 2.75) is 32.7 Å². The van der Waals surface area contributed by atoms with Crippen LogP contribution in [0.1, 0.15) is 34.3 Å². The molecule has 6 heteroatoms. The molecule has 1 N–H and O–H groups in total. The van der Waals surface area contributed by atoms with Crippen LogP contribution >= 0.6 is 11.3 Å². The molecule has 2 heterocycles. The summed E-state index contributed by atoms with van der Waals surface area (Å²) in [6.45, 7) is 4.31. The molecule has 1 fully saturated rings. The van der Waals surface area contributed by atoms with Crippen LogP contribution in [0.4, 0.5) is 4.39 Å². The highest BCUT2D eigenvalue weighted by molar-refractivity contribution is 7.14. The molecule has 0 unspecified atom stereocenters. The van der Waals surface area contributed by atoms with Gasteiger partial charge >= 0.3 is 5.97 Å². The van der Waals surface area contributed by atoms with Gasteiger partial charge in [0.25, 0.3) is 5.91 Å². The van der Waals surface area contributed by atoms with Gasteiger partial charge in [-0.05, 0) is 56.0 Å². The number of carboxylic acid groups (broad SMARTS) is 1. The number of carbonyl (C=O) groups excluding carboxylic acids is 1. The summed E-state index contributed by atoms with van der Waals surface area (Å²) in [6.07, 6.45) is 1.30. The Bertz CT molecular complexity index is 800. The third-order valence-corrected chi connectivity index (χ3v) is 5.89. The van der Waals surface area contributed by atoms with Crippen LogP contribution in [0, 0.1) is 18.7 Å². The molecule has 2 aromatic rings. The first-order chi connectivity index (χ1) is 11.9. The van der Waals surface area contributed by atoms with Crippen molar-refractivity contribution in [2.24, 2.45) is 5.92 Å². The second kappa shape index (κ2) is 6.96. The van der Waals surface area contributed by atoms with Gasteiger partial charge < -0.3 is 10.0 Å². The first kappa shape index (κ1) is 17.6. The van der Waals surface area contributed by atoms with E-state index in [-0.39, 0.29) is 17.8 Å². The van der Waals surface area contributed by atoms with Crippen molar-refractivity contribution in [1.29, 1.82) is 0 Å². The fourth-order valence-corrected chi connectivity index (χ4v) is 4.40. The Balaban J connectivity index is 1.87. The first-order valence-corrected chi connectivity index (χ1v) is 9.10. The van der Waals surface area contributed by atoms with Crippen LogP contribution in [0.3, 0.4) is 0 Å². The molecule has 1 aliphatic rings. The molecule has 25 heavy (non-hydrogen) atoms. The molecule has 1 saturated heterocycles. The van der Waals surface area contributed by atoms with Crippen molar-refractivity contribution < 1.29 is 19.1 Å². The van der Waals surface area contributed by atoms with Crippen molar-refractivity contribution in [3.8, 4) is 11.1 Å². The SMILES string of the molecule is Cc1sc(C(=O)N2CCC[C@@H](C(=O)O)[C@H]2C)cc1-c1ccc(F)cc1. The Morgan fingerprint density at radius 2 is 1.96 bits per heavy atom. The monoisotopic (exact) mass is 361 g/mol. The molecule has 0 radical (unpaired) electrons. The summed E-state index contributed by atoms with van der Waals surface area (Å²) in [4.78, 5) is 27.5. The highest BCUT2D eigenvalue weighted by Gasteiger charge is 2.36. The van der Waals surface area contributed by atoms with Gasteiger partial charge in [0.2, 0.25) is 0 Å². The van der Waals surface area contributed by atoms with E-state index >= 15 is 0 Å². The number of benzene rings is 1. The van der Waals surface area contributed by atoms with Crippen LogP contribution in [0.5, 0.6) is 0 Å². The smallest absolute Gasteiger partial charge is 0.308 e. The number of piperidine rings is 1. The number of carboxylic acids is 1. The van der Waals surface area contributed by atoms with Gasteiger partial charge in [0.05, 0.1) is 10.8 Å². The molecule has 0 saturated carbocycles. The minimum absolute atomic E-state index is 0.125. The lowest BCUT2D eigenvalue weighted by Gasteiger charge is -2.37. The van der Waals surface area contributed by atoms with Gasteiger partial charge in [-0.25, -0.2) is 4.39 Å². The number of hydrogen-bond acceptors (Lipinski definition) is 3. The number of thiophene rings is 1. The topological polar surface area (TPSA) is 57.6 Å². The number of nitrogens with zero attached hydrogens (tertiary/aromatic N) is 1. The summed E-state index contributed by atoms with van der Waals surface area (Å²) < 4.78 is 13.1. The summed E-state index contributed by atoms with van der Waals surface area (Å²) in [5, 5.41) is 9.33. The van der Waals surface area contributed by atoms with Crippen molar-refractivity contribution in [1.82, 2.24) is 4.90 Å². The quantitative estimate of drug-likeness (QED) is 0.892. The van der Waals surface area contributed by atoms with E-state index in [0.29, 0.717) is 24.3 Å². The number of likely N-dealkylation sites (tertiary alicyclic amines) is 1. The Kier molecular flexibility index (Phi) is 4.90. The highest BCUT2D eigenvalue weighted by Crippen LogP contribution is 2.33. The van der Waals surface area contributed by atoms with Gasteiger partial charge in [-0.1, -0.05) is 12.1 Å². The van der Waals surface area contributed by atoms with Crippen molar-refractivity contribution >= 4 is 23.2 Å². The van der Waals surface area contributed by atoms with Crippen molar-refractivity contribution in [3.63, 3.8) is 0 Å². The molecule has 2 atom stereocenters. The number of carbonyl (C=O) groups is 2. The number of hydrogen-bond donors (Lipinski definition) is 1. The van der Waals surface area contributed by atoms with Crippen molar-refractivity contribution in [3.05, 3.63) is 45.9 Å². The van der Waals surface area contributed by atoms with Gasteiger partial charge in [0.1, 0.15) is 5.82 Å². The predicted octanol–water partition coefficient (Wildman–Crippen LogP) is 4.19. The van der Waals surface area contributed by atoms with Crippen LogP contribution < -0.4 is 0 Å². The van der Waals surface area contributed by atoms with Crippen LogP contribution in [0.2, 0.25) is 0 Å². The molecule has 132 valence electrons. The molecule has 0 bridgehead atoms. The Morgan fingerprint density at radius 3 is 2.60 bits per heavy atom. The Labute approximate surface area is 149 Å². The molecule has 0 aliphatic carbocycles. The zero-order valence-corrected chi connectivity index (χ0v) is 15.0. The maximum absolute atomic E-state index is 13.1. The average Bonchev–Trinajstić information content (AvgIpc) is 2.97. The number of rotatable bonds is 3. The molecule has 1 amide bonds. The normalized spacial score (nSPS) is 20.5. The van der Waals surface area contributed by atoms with E-state index in [4.69, 9.17) is 0 Å². The van der Waals surface area contributed by atoms with Crippen molar-refractivity contribution in [2.75, 3.05) is 6.54 Å². The Morgan fingerprint density at radius 1 is 1.28 bits per heavy atom. The zero-order valence-electron chi connectivity index (χ0n) is 14.2. The largest absolute Gasteiger partial charge is 0.481 e. The molecule has 3 rings (SSSR count). The van der Waals surface area contributed by atoms with Crippen LogP contribution in [0.25, 0.3) is 11.1 Å². The van der Waals surface area contributed by atoms with Gasteiger partial charge in [-0.3, -0.25) is 9.59 Å². The maximum atomic E-state index is 13.1. The number of amides is 1. The van der Waals surface area contributed by atoms with E-state index in [1.807, 2.05) is 13.0 Å². The van der Waals surface area contributed by atoms with E-state index in [0.717, 1.165) is 16.0 Å². The summed E-state index contributed by atoms with van der Waals surface area (Å²) in [7, 11) is 0. The van der Waals surface area contributed by atoms with Crippen LogP contribution in [0.15, 0.2) is 30.3 Å². The fourth-order valence-electron chi connectivity index (χ4n) is 3.40. The lowest BCUT2D eigenvalue weighted by molar-refractivity contribution is -0.144. The fraction of sp³-hybridized carbons (Fsp3) is 0.368. The van der Waals surface area contributed by atoms with Crippen LogP contribution in [-0.4, -0.2) is 34.5 Å². The minimum atomic E-state index is -0.848. The molecule has 1 aromatic carbocycles. The van der Waals surface area contributed by atoms with Gasteiger partial charge in [0.15, 0.2) is 0 Å². The molecule has 4 nitrogen and oxygen atoms in total. The lowest BCUT2D eigenvalue weighted by atomic mass is 9.90. The summed E-state index contributed by atoms with van der Waals surface area (Å²) in [6, 6.07) is 7.70. The summed E-state index contributed by atoms with van der Waals surface area (Å²) >= 11 is 1.39. The average molecular weight is 361 g/mol. The molecule has 1 aliphatic heterocycles. The standard InChI is InChI=1S/C19H20FNO3S/c1-11-15(19(23)24)4-3-9-21(11)18(22)17-10-16(12(2)25-17)13-5-7-14(20)8-6-13/h5-8,10-11,15H,3-4,9H2,1-2H3,(H,23,24)/t11-,15-/m1/s1. The predicted molar refractivity (Wildman–Crippen MR) is 95.3 cm³/mol. The van der Waals surface area contributed by atoms with Gasteiger partial charge in [-0.2, -0.15) is 0 Å². The third kappa shape index (κ3) is 3.44.